The van der Waals surface area contributed by atoms with Crippen LogP contribution in [-0.4, -0.2) is 64.0 Å². The van der Waals surface area contributed by atoms with Gasteiger partial charge in [-0.15, -0.1) is 0 Å². The Bertz CT molecular complexity index is 1210. The van der Waals surface area contributed by atoms with E-state index in [1.807, 2.05) is 37.3 Å². The van der Waals surface area contributed by atoms with Gasteiger partial charge in [0.1, 0.15) is 18.4 Å². The van der Waals surface area contributed by atoms with E-state index < -0.39 is 29.7 Å². The normalized spacial score (nSPS) is 20.1. The molecule has 10 nitrogen and oxygen atoms in total. The Morgan fingerprint density at radius 3 is 2.53 bits per heavy atom. The Balaban J connectivity index is 1.57. The van der Waals surface area contributed by atoms with Crippen molar-refractivity contribution in [3.63, 3.8) is 0 Å². The van der Waals surface area contributed by atoms with Gasteiger partial charge in [0.15, 0.2) is 0 Å². The van der Waals surface area contributed by atoms with Crippen LogP contribution in [-0.2, 0) is 25.6 Å². The molecule has 10 heteroatoms. The van der Waals surface area contributed by atoms with E-state index in [9.17, 15) is 19.2 Å². The zero-order chi connectivity index (χ0) is 26.0. The molecule has 1 fully saturated rings. The van der Waals surface area contributed by atoms with Crippen molar-refractivity contribution >= 4 is 35.4 Å². The van der Waals surface area contributed by atoms with Crippen molar-refractivity contribution in [2.24, 2.45) is 10.9 Å². The highest BCUT2D eigenvalue weighted by Gasteiger charge is 2.54. The lowest BCUT2D eigenvalue weighted by Gasteiger charge is -2.45. The summed E-state index contributed by atoms with van der Waals surface area (Å²) in [5.74, 6) is -2.04. The second-order valence-corrected chi connectivity index (χ2v) is 9.20. The first-order valence-corrected chi connectivity index (χ1v) is 11.9. The van der Waals surface area contributed by atoms with Gasteiger partial charge in [-0.05, 0) is 48.9 Å². The number of aryl methyl sites for hydroxylation is 1. The van der Waals surface area contributed by atoms with E-state index in [4.69, 9.17) is 5.73 Å². The summed E-state index contributed by atoms with van der Waals surface area (Å²) in [7, 11) is 1.51. The number of nitrogens with one attached hydrogen (secondary N) is 1. The largest absolute Gasteiger partial charge is 0.384 e. The molecule has 0 aliphatic carbocycles. The number of nitrogens with two attached hydrogens (primary N) is 1. The van der Waals surface area contributed by atoms with E-state index >= 15 is 0 Å². The number of aromatic nitrogens is 1. The number of carbonyl (C=O) groups is 4. The molecule has 0 unspecified atom stereocenters. The molecule has 1 aromatic carbocycles. The highest BCUT2D eigenvalue weighted by molar-refractivity contribution is 6.14. The fourth-order valence-corrected chi connectivity index (χ4v) is 4.78. The van der Waals surface area contributed by atoms with Gasteiger partial charge in [0, 0.05) is 19.2 Å². The van der Waals surface area contributed by atoms with E-state index in [0.717, 1.165) is 16.0 Å². The van der Waals surface area contributed by atoms with Crippen molar-refractivity contribution in [1.82, 2.24) is 20.1 Å². The summed E-state index contributed by atoms with van der Waals surface area (Å²) >= 11 is 0. The Kier molecular flexibility index (Phi) is 7.14. The minimum absolute atomic E-state index is 0.0629. The molecule has 0 radical (unpaired) electrons. The quantitative estimate of drug-likeness (QED) is 0.563. The fourth-order valence-electron chi connectivity index (χ4n) is 4.78. The average Bonchev–Trinajstić information content (AvgIpc) is 3.15. The van der Waals surface area contributed by atoms with E-state index in [-0.39, 0.29) is 37.2 Å². The molecule has 4 rings (SSSR count). The van der Waals surface area contributed by atoms with Crippen molar-refractivity contribution in [1.29, 1.82) is 0 Å². The summed E-state index contributed by atoms with van der Waals surface area (Å²) in [5, 5.41) is 2.64. The number of β-lactam (4-membered cyclic amide) rings is 1. The zero-order valence-corrected chi connectivity index (χ0v) is 20.6. The molecule has 2 aromatic rings. The van der Waals surface area contributed by atoms with Crippen LogP contribution in [0.15, 0.2) is 47.5 Å². The number of imide groups is 1. The third-order valence-corrected chi connectivity index (χ3v) is 6.72. The van der Waals surface area contributed by atoms with E-state index in [2.05, 4.69) is 15.3 Å². The maximum atomic E-state index is 13.4. The third kappa shape index (κ3) is 4.98. The molecule has 1 saturated heterocycles. The van der Waals surface area contributed by atoms with Crippen LogP contribution in [0.25, 0.3) is 0 Å². The number of hydrogen-bond donors (Lipinski definition) is 2. The molecular formula is C26H30N6O4. The standard InChI is InChI=1S/C26H30N6O4/c1-4-17(18-8-6-5-7-9-18)13-21(33)32-23(24(35)30-26-28-14-22(34)31(26)3)19(25(32)36)11-16-10-15(2)29-20(27)12-16/h5-10,12,17,19,23H,4,11,13-14H2,1-3H3,(H2,27,29)(H,28,30,35)/t17-,19+,23-/m0/s1. The Morgan fingerprint density at radius 1 is 1.19 bits per heavy atom. The number of amides is 4. The molecular weight excluding hydrogens is 460 g/mol. The molecule has 3 heterocycles. The predicted octanol–water partition coefficient (Wildman–Crippen LogP) is 1.40. The summed E-state index contributed by atoms with van der Waals surface area (Å²) in [5.41, 5.74) is 8.32. The number of pyridine rings is 1. The van der Waals surface area contributed by atoms with Crippen molar-refractivity contribution in [2.75, 3.05) is 19.3 Å². The van der Waals surface area contributed by atoms with Crippen LogP contribution < -0.4 is 11.1 Å². The maximum Gasteiger partial charge on any atom is 0.250 e. The van der Waals surface area contributed by atoms with E-state index in [0.29, 0.717) is 17.9 Å². The fraction of sp³-hybridized carbons (Fsp3) is 0.385. The van der Waals surface area contributed by atoms with Gasteiger partial charge in [-0.1, -0.05) is 37.3 Å². The maximum absolute atomic E-state index is 13.4. The minimum Gasteiger partial charge on any atom is -0.384 e. The number of anilines is 1. The monoisotopic (exact) mass is 490 g/mol. The SMILES string of the molecule is CC[C@@H](CC(=O)N1C(=O)[C@H](Cc2cc(C)nc(N)c2)[C@H]1C(=O)NC1=NCC(=O)N1C)c1ccccc1. The Hall–Kier alpha value is -4.08. The predicted molar refractivity (Wildman–Crippen MR) is 134 cm³/mol. The Morgan fingerprint density at radius 2 is 1.92 bits per heavy atom. The van der Waals surface area contributed by atoms with Crippen LogP contribution in [0.2, 0.25) is 0 Å². The number of guanidine groups is 1. The number of nitrogens with zero attached hydrogens (tertiary/aromatic N) is 4. The summed E-state index contributed by atoms with van der Waals surface area (Å²) < 4.78 is 0. The second kappa shape index (κ2) is 10.3. The number of benzene rings is 1. The first kappa shape index (κ1) is 25.0. The van der Waals surface area contributed by atoms with Crippen LogP contribution in [0.4, 0.5) is 5.82 Å². The highest BCUT2D eigenvalue weighted by atomic mass is 16.2. The lowest BCUT2D eigenvalue weighted by atomic mass is 9.80. The molecule has 3 N–H and O–H groups in total. The molecule has 1 aromatic heterocycles. The second-order valence-electron chi connectivity index (χ2n) is 9.20. The van der Waals surface area contributed by atoms with E-state index in [1.54, 1.807) is 19.1 Å². The van der Waals surface area contributed by atoms with Crippen LogP contribution in [0.3, 0.4) is 0 Å². The molecule has 36 heavy (non-hydrogen) atoms. The molecule has 188 valence electrons. The minimum atomic E-state index is -1.03. The van der Waals surface area contributed by atoms with Crippen LogP contribution >= 0.6 is 0 Å². The van der Waals surface area contributed by atoms with Crippen molar-refractivity contribution in [2.45, 2.75) is 45.1 Å². The smallest absolute Gasteiger partial charge is 0.250 e. The topological polar surface area (TPSA) is 138 Å². The highest BCUT2D eigenvalue weighted by Crippen LogP contribution is 2.34. The van der Waals surface area contributed by atoms with Gasteiger partial charge in [0.2, 0.25) is 17.8 Å². The van der Waals surface area contributed by atoms with Gasteiger partial charge in [-0.25, -0.2) is 9.98 Å². The zero-order valence-electron chi connectivity index (χ0n) is 20.6. The van der Waals surface area contributed by atoms with Crippen LogP contribution in [0.1, 0.15) is 42.5 Å². The molecule has 4 amide bonds. The van der Waals surface area contributed by atoms with Crippen molar-refractivity contribution in [3.05, 3.63) is 59.3 Å². The Labute approximate surface area is 209 Å². The number of rotatable bonds is 7. The van der Waals surface area contributed by atoms with Gasteiger partial charge in [-0.2, -0.15) is 0 Å². The molecule has 0 bridgehead atoms. The number of nitrogen functional groups attached to an aromatic ring is 1. The molecule has 2 aliphatic heterocycles. The number of likely N-dealkylation sites (tertiary alicyclic amines) is 1. The summed E-state index contributed by atoms with van der Waals surface area (Å²) in [6.45, 7) is 3.71. The third-order valence-electron chi connectivity index (χ3n) is 6.72. The van der Waals surface area contributed by atoms with Gasteiger partial charge >= 0.3 is 0 Å². The van der Waals surface area contributed by atoms with Crippen LogP contribution in [0.5, 0.6) is 0 Å². The molecule has 0 saturated carbocycles. The molecule has 2 aliphatic rings. The van der Waals surface area contributed by atoms with Gasteiger partial charge in [0.05, 0.1) is 5.92 Å². The first-order chi connectivity index (χ1) is 17.2. The average molecular weight is 491 g/mol. The lowest BCUT2D eigenvalue weighted by Crippen LogP contribution is -2.69. The summed E-state index contributed by atoms with van der Waals surface area (Å²) in [6.07, 6.45) is 1.03. The summed E-state index contributed by atoms with van der Waals surface area (Å²) in [4.78, 5) is 62.3. The number of hydrogen-bond acceptors (Lipinski definition) is 7. The van der Waals surface area contributed by atoms with Gasteiger partial charge < -0.3 is 5.73 Å². The van der Waals surface area contributed by atoms with Crippen molar-refractivity contribution < 1.29 is 19.2 Å². The number of likely N-dealkylation sites (N-methyl/N-ethyl adjacent to an activating group) is 1. The molecule has 0 spiro atoms. The van der Waals surface area contributed by atoms with Gasteiger partial charge in [0.25, 0.3) is 11.8 Å². The van der Waals surface area contributed by atoms with Gasteiger partial charge in [-0.3, -0.25) is 34.3 Å². The molecule has 3 atom stereocenters. The van der Waals surface area contributed by atoms with Crippen molar-refractivity contribution in [3.8, 4) is 0 Å². The number of aliphatic imine (C=N–C) groups is 1. The van der Waals surface area contributed by atoms with Crippen LogP contribution in [0, 0.1) is 12.8 Å². The van der Waals surface area contributed by atoms with E-state index in [1.165, 1.54) is 11.9 Å². The first-order valence-electron chi connectivity index (χ1n) is 11.9. The summed E-state index contributed by atoms with van der Waals surface area (Å²) in [6, 6.07) is 12.1. The number of carbonyl (C=O) groups excluding carboxylic acids is 4. The lowest BCUT2D eigenvalue weighted by molar-refractivity contribution is -0.171.